The van der Waals surface area contributed by atoms with Gasteiger partial charge in [-0.05, 0) is 58.8 Å². The van der Waals surface area contributed by atoms with Crippen molar-refractivity contribution in [1.82, 2.24) is 0 Å². The molecule has 1 N–H and O–H groups in total. The van der Waals surface area contributed by atoms with Gasteiger partial charge in [0.05, 0.1) is 0 Å². The van der Waals surface area contributed by atoms with Crippen molar-refractivity contribution in [3.05, 3.63) is 58.2 Å². The lowest BCUT2D eigenvalue weighted by molar-refractivity contribution is -0.112. The third kappa shape index (κ3) is 5.11. The van der Waals surface area contributed by atoms with Crippen LogP contribution in [0.3, 0.4) is 0 Å². The average Bonchev–Trinajstić information content (AvgIpc) is 2.71. The van der Waals surface area contributed by atoms with E-state index < -0.39 is 0 Å². The third-order valence-corrected chi connectivity index (χ3v) is 7.33. The molecule has 0 unspecified atom stereocenters. The molecule has 2 heteroatoms. The fourth-order valence-corrected chi connectivity index (χ4v) is 4.27. The van der Waals surface area contributed by atoms with E-state index in [-0.39, 0.29) is 22.0 Å². The van der Waals surface area contributed by atoms with E-state index in [4.69, 9.17) is 0 Å². The highest BCUT2D eigenvalue weighted by molar-refractivity contribution is 6.16. The van der Waals surface area contributed by atoms with Crippen LogP contribution in [0.5, 0.6) is 5.75 Å². The van der Waals surface area contributed by atoms with Gasteiger partial charge in [-0.25, -0.2) is 0 Å². The van der Waals surface area contributed by atoms with Crippen LogP contribution in [-0.2, 0) is 15.6 Å². The first-order valence-corrected chi connectivity index (χ1v) is 12.3. The Morgan fingerprint density at radius 1 is 0.875 bits per heavy atom. The van der Waals surface area contributed by atoms with Crippen molar-refractivity contribution in [2.75, 3.05) is 0 Å². The van der Waals surface area contributed by atoms with Gasteiger partial charge in [0.2, 0.25) is 0 Å². The zero-order valence-electron chi connectivity index (χ0n) is 22.1. The van der Waals surface area contributed by atoms with Crippen molar-refractivity contribution in [2.45, 2.75) is 106 Å². The highest BCUT2D eigenvalue weighted by Crippen LogP contribution is 2.45. The molecule has 0 amide bonds. The topological polar surface area (TPSA) is 37.3 Å². The van der Waals surface area contributed by atoms with Gasteiger partial charge >= 0.3 is 0 Å². The van der Waals surface area contributed by atoms with E-state index in [0.29, 0.717) is 5.75 Å². The van der Waals surface area contributed by atoms with Crippen LogP contribution in [0.4, 0.5) is 0 Å². The van der Waals surface area contributed by atoms with Crippen LogP contribution in [-0.4, -0.2) is 10.9 Å². The summed E-state index contributed by atoms with van der Waals surface area (Å²) in [5, 5.41) is 11.4. The number of Topliss-reactive ketones (excluding diaryl/α,β-unsaturated/α-hetero) is 1. The van der Waals surface area contributed by atoms with E-state index in [0.717, 1.165) is 59.1 Å². The first-order valence-electron chi connectivity index (χ1n) is 12.3. The Bertz CT molecular complexity index is 922. The highest BCUT2D eigenvalue weighted by Gasteiger charge is 2.32. The van der Waals surface area contributed by atoms with Gasteiger partial charge < -0.3 is 5.11 Å². The Hall–Kier alpha value is -2.09. The first-order chi connectivity index (χ1) is 14.7. The molecule has 0 bridgehead atoms. The Morgan fingerprint density at radius 2 is 1.38 bits per heavy atom. The number of carbonyl (C=O) groups excluding carboxylic acids is 1. The van der Waals surface area contributed by atoms with Gasteiger partial charge in [-0.15, -0.1) is 0 Å². The summed E-state index contributed by atoms with van der Waals surface area (Å²) < 4.78 is 0. The van der Waals surface area contributed by atoms with Gasteiger partial charge in [-0.2, -0.15) is 0 Å². The molecular weight excluding hydrogens is 392 g/mol. The second-order valence-corrected chi connectivity index (χ2v) is 11.6. The summed E-state index contributed by atoms with van der Waals surface area (Å²) in [7, 11) is 0. The Balaban J connectivity index is 2.88. The van der Waals surface area contributed by atoms with Gasteiger partial charge in [-0.1, -0.05) is 93.9 Å². The maximum atomic E-state index is 13.6. The summed E-state index contributed by atoms with van der Waals surface area (Å²) in [5.41, 5.74) is 5.22. The average molecular weight is 437 g/mol. The predicted molar refractivity (Wildman–Crippen MR) is 138 cm³/mol. The quantitative estimate of drug-likeness (QED) is 0.435. The zero-order valence-corrected chi connectivity index (χ0v) is 22.1. The number of benzene rings is 1. The van der Waals surface area contributed by atoms with Gasteiger partial charge in [-0.3, -0.25) is 4.79 Å². The van der Waals surface area contributed by atoms with Crippen LogP contribution < -0.4 is 0 Å². The van der Waals surface area contributed by atoms with Crippen LogP contribution >= 0.6 is 0 Å². The minimum atomic E-state index is -0.204. The van der Waals surface area contributed by atoms with Crippen molar-refractivity contribution in [1.29, 1.82) is 0 Å². The molecule has 0 saturated carbocycles. The number of carbonyl (C=O) groups is 1. The number of allylic oxidation sites excluding steroid dienone is 6. The normalized spacial score (nSPS) is 16.9. The molecule has 32 heavy (non-hydrogen) atoms. The number of hydrogen-bond donors (Lipinski definition) is 1. The van der Waals surface area contributed by atoms with Crippen LogP contribution in [0, 0.1) is 5.41 Å². The van der Waals surface area contributed by atoms with Crippen LogP contribution in [0.25, 0.3) is 5.57 Å². The molecule has 0 fully saturated rings. The number of aromatic hydroxyl groups is 1. The van der Waals surface area contributed by atoms with Crippen molar-refractivity contribution in [3.8, 4) is 5.75 Å². The van der Waals surface area contributed by atoms with Gasteiger partial charge in [0.15, 0.2) is 5.78 Å². The second kappa shape index (κ2) is 9.41. The number of hydrogen-bond acceptors (Lipinski definition) is 2. The number of phenols is 1. The van der Waals surface area contributed by atoms with Crippen molar-refractivity contribution in [3.63, 3.8) is 0 Å². The Morgan fingerprint density at radius 3 is 1.78 bits per heavy atom. The van der Waals surface area contributed by atoms with Gasteiger partial charge in [0.1, 0.15) is 5.75 Å². The van der Waals surface area contributed by atoms with Crippen LogP contribution in [0.1, 0.15) is 112 Å². The first kappa shape index (κ1) is 26.2. The Kier molecular flexibility index (Phi) is 7.70. The lowest BCUT2D eigenvalue weighted by atomic mass is 9.73. The second-order valence-electron chi connectivity index (χ2n) is 11.6. The Labute approximate surface area is 196 Å². The summed E-state index contributed by atoms with van der Waals surface area (Å²) in [4.78, 5) is 13.6. The molecule has 0 heterocycles. The van der Waals surface area contributed by atoms with Crippen molar-refractivity contribution < 1.29 is 9.90 Å². The van der Waals surface area contributed by atoms with E-state index >= 15 is 0 Å². The fourth-order valence-electron chi connectivity index (χ4n) is 4.27. The smallest absolute Gasteiger partial charge is 0.189 e. The number of ketones is 1. The lowest BCUT2D eigenvalue weighted by Gasteiger charge is -2.32. The molecule has 0 saturated heterocycles. The molecule has 0 spiro atoms. The minimum absolute atomic E-state index is 0.129. The van der Waals surface area contributed by atoms with E-state index in [9.17, 15) is 9.90 Å². The SMILES string of the molecule is CCCC(=C1C=CC=C(C(C)(C)C)C1=O)c1cc(C(C)(C)CC)c(O)c(C(C)(C)CC)c1. The molecule has 1 aromatic carbocycles. The molecule has 2 nitrogen and oxygen atoms in total. The maximum absolute atomic E-state index is 13.6. The number of rotatable bonds is 7. The van der Waals surface area contributed by atoms with E-state index in [2.05, 4.69) is 81.4 Å². The molecule has 0 aliphatic heterocycles. The summed E-state index contributed by atoms with van der Waals surface area (Å²) in [6, 6.07) is 4.28. The number of phenolic OH excluding ortho intramolecular Hbond substituents is 1. The van der Waals surface area contributed by atoms with Crippen molar-refractivity contribution in [2.24, 2.45) is 5.41 Å². The highest BCUT2D eigenvalue weighted by atomic mass is 16.3. The molecule has 1 aliphatic carbocycles. The monoisotopic (exact) mass is 436 g/mol. The maximum Gasteiger partial charge on any atom is 0.189 e. The van der Waals surface area contributed by atoms with E-state index in [1.54, 1.807) is 0 Å². The molecule has 0 aromatic heterocycles. The molecule has 1 aliphatic rings. The molecule has 176 valence electrons. The molecular formula is C30H44O2. The summed E-state index contributed by atoms with van der Waals surface area (Å²) in [6.45, 7) is 21.5. The van der Waals surface area contributed by atoms with Crippen LogP contribution in [0.2, 0.25) is 0 Å². The van der Waals surface area contributed by atoms with Crippen molar-refractivity contribution >= 4 is 11.4 Å². The summed E-state index contributed by atoms with van der Waals surface area (Å²) in [6.07, 6.45) is 9.58. The van der Waals surface area contributed by atoms with E-state index in [1.165, 1.54) is 0 Å². The predicted octanol–water partition coefficient (Wildman–Crippen LogP) is 8.43. The molecule has 0 radical (unpaired) electrons. The van der Waals surface area contributed by atoms with E-state index in [1.807, 2.05) is 18.2 Å². The largest absolute Gasteiger partial charge is 0.507 e. The molecule has 2 rings (SSSR count). The summed E-state index contributed by atoms with van der Waals surface area (Å²) >= 11 is 0. The standard InChI is InChI=1S/C30H44O2/c1-11-15-21(22-16-14-17-23(26(22)31)28(4,5)6)20-18-24(29(7,8)12-2)27(32)25(19-20)30(9,10)13-3/h14,16-19,32H,11-13,15H2,1-10H3. The molecule has 1 aromatic rings. The minimum Gasteiger partial charge on any atom is -0.507 e. The van der Waals surface area contributed by atoms with Gasteiger partial charge in [0.25, 0.3) is 0 Å². The molecule has 0 atom stereocenters. The summed E-state index contributed by atoms with van der Waals surface area (Å²) in [5.74, 6) is 0.540. The zero-order chi connectivity index (χ0) is 24.5. The van der Waals surface area contributed by atoms with Gasteiger partial charge in [0, 0.05) is 22.3 Å². The third-order valence-electron chi connectivity index (χ3n) is 7.33. The lowest BCUT2D eigenvalue weighted by Crippen LogP contribution is -2.23. The fraction of sp³-hybridized carbons (Fsp3) is 0.567. The van der Waals surface area contributed by atoms with Crippen LogP contribution in [0.15, 0.2) is 41.5 Å².